The lowest BCUT2D eigenvalue weighted by molar-refractivity contribution is -0.134. The number of hydrogen-bond donors (Lipinski definition) is 1. The first-order valence-electron chi connectivity index (χ1n) is 11.3. The molecule has 168 valence electrons. The number of hydrogen-bond acceptors (Lipinski definition) is 3. The number of halogens is 1. The Bertz CT molecular complexity index is 1180. The van der Waals surface area contributed by atoms with E-state index in [0.29, 0.717) is 29.7 Å². The second-order valence-corrected chi connectivity index (χ2v) is 10.9. The molecule has 1 saturated carbocycles. The number of thiophene rings is 1. The third-order valence-electron chi connectivity index (χ3n) is 7.12. The van der Waals surface area contributed by atoms with Crippen LogP contribution in [0.1, 0.15) is 55.6 Å². The third-order valence-corrected chi connectivity index (χ3v) is 8.21. The number of rotatable bonds is 4. The van der Waals surface area contributed by atoms with Crippen LogP contribution in [0.15, 0.2) is 41.8 Å². The van der Waals surface area contributed by atoms with Crippen LogP contribution in [0.25, 0.3) is 10.2 Å². The number of nitrogens with zero attached hydrogens (tertiary/aromatic N) is 2. The summed E-state index contributed by atoms with van der Waals surface area (Å²) in [5, 5.41) is 5.95. The Hall–Kier alpha value is -2.31. The summed E-state index contributed by atoms with van der Waals surface area (Å²) in [5.74, 6) is 0.522. The van der Waals surface area contributed by atoms with E-state index in [2.05, 4.69) is 12.2 Å². The number of nitrogens with one attached hydrogen (secondary N) is 1. The van der Waals surface area contributed by atoms with E-state index in [1.54, 1.807) is 16.2 Å². The number of carbonyl (C=O) groups is 2. The Morgan fingerprint density at radius 2 is 2.00 bits per heavy atom. The molecule has 1 fully saturated rings. The topological polar surface area (TPSA) is 54.3 Å². The monoisotopic (exact) mass is 469 g/mol. The van der Waals surface area contributed by atoms with Crippen molar-refractivity contribution in [2.75, 3.05) is 0 Å². The molecular formula is C25H28ClN3O2S. The van der Waals surface area contributed by atoms with Gasteiger partial charge >= 0.3 is 0 Å². The summed E-state index contributed by atoms with van der Waals surface area (Å²) >= 11 is 7.83. The molecule has 7 heteroatoms. The molecule has 1 N–H and O–H groups in total. The van der Waals surface area contributed by atoms with Gasteiger partial charge in [-0.3, -0.25) is 9.59 Å². The first-order chi connectivity index (χ1) is 15.3. The lowest BCUT2D eigenvalue weighted by Gasteiger charge is -2.45. The molecule has 0 radical (unpaired) electrons. The molecule has 32 heavy (non-hydrogen) atoms. The van der Waals surface area contributed by atoms with E-state index in [1.165, 1.54) is 0 Å². The highest BCUT2D eigenvalue weighted by Crippen LogP contribution is 2.36. The van der Waals surface area contributed by atoms with Gasteiger partial charge in [0, 0.05) is 17.6 Å². The van der Waals surface area contributed by atoms with Crippen molar-refractivity contribution in [2.45, 2.75) is 64.2 Å². The minimum atomic E-state index is -0.997. The summed E-state index contributed by atoms with van der Waals surface area (Å²) in [5.41, 5.74) is 1.58. The Labute approximate surface area is 197 Å². The van der Waals surface area contributed by atoms with Gasteiger partial charge in [0.2, 0.25) is 5.91 Å². The zero-order valence-corrected chi connectivity index (χ0v) is 20.0. The number of aromatic nitrogens is 1. The van der Waals surface area contributed by atoms with Gasteiger partial charge < -0.3 is 14.8 Å². The molecule has 1 aliphatic heterocycles. The minimum Gasteiger partial charge on any atom is -0.351 e. The van der Waals surface area contributed by atoms with Crippen LogP contribution in [-0.4, -0.2) is 32.9 Å². The summed E-state index contributed by atoms with van der Waals surface area (Å²) in [4.78, 5) is 29.2. The molecule has 3 heterocycles. The maximum Gasteiger partial charge on any atom is 0.271 e. The molecule has 5 rings (SSSR count). The van der Waals surface area contributed by atoms with Crippen molar-refractivity contribution < 1.29 is 9.59 Å². The average molecular weight is 470 g/mol. The fraction of sp³-hybridized carbons (Fsp3) is 0.440. The molecule has 0 spiro atoms. The molecule has 1 aromatic carbocycles. The van der Waals surface area contributed by atoms with Crippen LogP contribution in [0, 0.1) is 5.92 Å². The summed E-state index contributed by atoms with van der Waals surface area (Å²) in [7, 11) is 0. The van der Waals surface area contributed by atoms with E-state index in [4.69, 9.17) is 11.6 Å². The van der Waals surface area contributed by atoms with Gasteiger partial charge in [-0.15, -0.1) is 11.3 Å². The van der Waals surface area contributed by atoms with Crippen LogP contribution in [0.4, 0.5) is 0 Å². The minimum absolute atomic E-state index is 0.0739. The number of amides is 2. The number of benzene rings is 1. The van der Waals surface area contributed by atoms with Crippen LogP contribution >= 0.6 is 22.9 Å². The molecule has 2 aliphatic rings. The van der Waals surface area contributed by atoms with Crippen molar-refractivity contribution in [3.8, 4) is 0 Å². The fourth-order valence-electron chi connectivity index (χ4n) is 5.08. The molecule has 3 aromatic rings. The van der Waals surface area contributed by atoms with Gasteiger partial charge in [0.1, 0.15) is 11.2 Å². The van der Waals surface area contributed by atoms with Crippen molar-refractivity contribution in [3.05, 3.63) is 58.1 Å². The van der Waals surface area contributed by atoms with Crippen LogP contribution in [0.3, 0.4) is 0 Å². The zero-order chi connectivity index (χ0) is 22.5. The van der Waals surface area contributed by atoms with E-state index in [0.717, 1.165) is 41.5 Å². The molecular weight excluding hydrogens is 442 g/mol. The molecule has 0 bridgehead atoms. The highest BCUT2D eigenvalue weighted by atomic mass is 35.5. The van der Waals surface area contributed by atoms with Gasteiger partial charge in [0.25, 0.3) is 5.91 Å². The Morgan fingerprint density at radius 1 is 1.22 bits per heavy atom. The molecule has 0 unspecified atom stereocenters. The second-order valence-electron chi connectivity index (χ2n) is 9.51. The SMILES string of the molecule is CC1CCC(NC(=O)[C@@]2(C)Cn3c(cc4sccc43)C(=O)N2Cc2cccc(Cl)c2)CC1. The lowest BCUT2D eigenvalue weighted by atomic mass is 9.86. The van der Waals surface area contributed by atoms with Crippen LogP contribution in [-0.2, 0) is 17.9 Å². The molecule has 2 amide bonds. The number of fused-ring (bicyclic) bond motifs is 3. The first-order valence-corrected chi connectivity index (χ1v) is 12.5. The predicted octanol–water partition coefficient (Wildman–Crippen LogP) is 5.47. The smallest absolute Gasteiger partial charge is 0.271 e. The van der Waals surface area contributed by atoms with E-state index in [1.807, 2.05) is 53.3 Å². The predicted molar refractivity (Wildman–Crippen MR) is 129 cm³/mol. The summed E-state index contributed by atoms with van der Waals surface area (Å²) in [6.45, 7) is 4.94. The van der Waals surface area contributed by atoms with Crippen LogP contribution in [0.5, 0.6) is 0 Å². The summed E-state index contributed by atoms with van der Waals surface area (Å²) < 4.78 is 3.09. The van der Waals surface area contributed by atoms with Gasteiger partial charge in [-0.05, 0) is 73.7 Å². The Morgan fingerprint density at radius 3 is 2.75 bits per heavy atom. The number of carbonyl (C=O) groups excluding carboxylic acids is 2. The van der Waals surface area contributed by atoms with E-state index < -0.39 is 5.54 Å². The third kappa shape index (κ3) is 3.73. The molecule has 1 atom stereocenters. The maximum atomic E-state index is 13.7. The maximum absolute atomic E-state index is 13.7. The largest absolute Gasteiger partial charge is 0.351 e. The van der Waals surface area contributed by atoms with Crippen molar-refractivity contribution in [1.82, 2.24) is 14.8 Å². The molecule has 1 aliphatic carbocycles. The fourth-order valence-corrected chi connectivity index (χ4v) is 6.12. The van der Waals surface area contributed by atoms with Crippen LogP contribution < -0.4 is 5.32 Å². The lowest BCUT2D eigenvalue weighted by Crippen LogP contribution is -2.64. The Balaban J connectivity index is 1.51. The molecule has 0 saturated heterocycles. The van der Waals surface area contributed by atoms with Gasteiger partial charge in [-0.25, -0.2) is 0 Å². The van der Waals surface area contributed by atoms with Crippen molar-refractivity contribution in [2.24, 2.45) is 5.92 Å². The van der Waals surface area contributed by atoms with Crippen molar-refractivity contribution in [3.63, 3.8) is 0 Å². The van der Waals surface area contributed by atoms with Gasteiger partial charge in [-0.1, -0.05) is 30.7 Å². The Kier molecular flexibility index (Phi) is 5.54. The summed E-state index contributed by atoms with van der Waals surface area (Å²) in [6, 6.07) is 11.7. The van der Waals surface area contributed by atoms with E-state index in [9.17, 15) is 9.59 Å². The summed E-state index contributed by atoms with van der Waals surface area (Å²) in [6.07, 6.45) is 4.25. The van der Waals surface area contributed by atoms with Crippen molar-refractivity contribution >= 4 is 45.0 Å². The highest BCUT2D eigenvalue weighted by molar-refractivity contribution is 7.17. The van der Waals surface area contributed by atoms with Gasteiger partial charge in [0.15, 0.2) is 0 Å². The second kappa shape index (κ2) is 8.23. The van der Waals surface area contributed by atoms with E-state index in [-0.39, 0.29) is 17.9 Å². The standard InChI is InChI=1S/C25H28ClN3O2S/c1-16-6-8-19(9-7-16)27-24(31)25(2)15-28-20-10-11-32-22(20)13-21(28)23(30)29(25)14-17-4-3-5-18(26)12-17/h3-5,10-13,16,19H,6-9,14-15H2,1-2H3,(H,27,31)/t16?,19?,25-/m1/s1. The van der Waals surface area contributed by atoms with Gasteiger partial charge in [0.05, 0.1) is 16.8 Å². The quantitative estimate of drug-likeness (QED) is 0.551. The normalized spacial score (nSPS) is 25.7. The van der Waals surface area contributed by atoms with E-state index >= 15 is 0 Å². The average Bonchev–Trinajstić information content (AvgIpc) is 3.35. The highest BCUT2D eigenvalue weighted by Gasteiger charge is 2.48. The van der Waals surface area contributed by atoms with Crippen LogP contribution in [0.2, 0.25) is 5.02 Å². The van der Waals surface area contributed by atoms with Gasteiger partial charge in [-0.2, -0.15) is 0 Å². The molecule has 2 aromatic heterocycles. The van der Waals surface area contributed by atoms with Crippen molar-refractivity contribution in [1.29, 1.82) is 0 Å². The zero-order valence-electron chi connectivity index (χ0n) is 18.4. The molecule has 5 nitrogen and oxygen atoms in total. The first kappa shape index (κ1) is 21.5.